The third kappa shape index (κ3) is 6.28. The summed E-state index contributed by atoms with van der Waals surface area (Å²) in [4.78, 5) is 23.2. The van der Waals surface area contributed by atoms with Gasteiger partial charge >= 0.3 is 0 Å². The Hall–Kier alpha value is -2.25. The highest BCUT2D eigenvalue weighted by Crippen LogP contribution is 2.24. The van der Waals surface area contributed by atoms with Crippen LogP contribution in [0.4, 0.5) is 11.4 Å². The normalized spacial score (nSPS) is 11.6. The molecule has 0 saturated carbocycles. The van der Waals surface area contributed by atoms with Crippen molar-refractivity contribution < 1.29 is 9.72 Å². The number of hydrogen-bond donors (Lipinski definition) is 2. The molecule has 2 rings (SSSR count). The van der Waals surface area contributed by atoms with E-state index in [0.29, 0.717) is 18.1 Å². The van der Waals surface area contributed by atoms with Gasteiger partial charge in [0.15, 0.2) is 0 Å². The Balaban J connectivity index is 1.70. The first-order chi connectivity index (χ1) is 12.0. The van der Waals surface area contributed by atoms with Crippen molar-refractivity contribution in [3.8, 4) is 0 Å². The predicted molar refractivity (Wildman–Crippen MR) is 101 cm³/mol. The van der Waals surface area contributed by atoms with E-state index in [0.717, 1.165) is 10.6 Å². The molecule has 2 aromatic carbocycles. The lowest BCUT2D eigenvalue weighted by molar-refractivity contribution is -0.384. The molecule has 0 saturated heterocycles. The molecule has 0 aliphatic heterocycles. The lowest BCUT2D eigenvalue weighted by Gasteiger charge is -2.13. The van der Waals surface area contributed by atoms with Gasteiger partial charge in [-0.25, -0.2) is 0 Å². The summed E-state index contributed by atoms with van der Waals surface area (Å²) in [6.07, 6.45) is 0. The Morgan fingerprint density at radius 2 is 1.80 bits per heavy atom. The largest absolute Gasteiger partial charge is 0.383 e. The molecule has 0 bridgehead atoms. The zero-order chi connectivity index (χ0) is 18.2. The van der Waals surface area contributed by atoms with Crippen LogP contribution in [0.15, 0.2) is 53.4 Å². The molecule has 0 heterocycles. The standard InChI is InChI=1S/C17H18ClN3O3S/c1-12(25-16-8-2-13(18)3-9-16)17(22)20-11-10-19-14-4-6-15(7-5-14)21(23)24/h2-9,12,19H,10-11H2,1H3,(H,20,22)/t12-/m1/s1. The van der Waals surface area contributed by atoms with E-state index in [9.17, 15) is 14.9 Å². The van der Waals surface area contributed by atoms with Crippen LogP contribution >= 0.6 is 23.4 Å². The first kappa shape index (κ1) is 19.1. The van der Waals surface area contributed by atoms with Gasteiger partial charge in [-0.15, -0.1) is 11.8 Å². The fraction of sp³-hybridized carbons (Fsp3) is 0.235. The summed E-state index contributed by atoms with van der Waals surface area (Å²) in [6, 6.07) is 13.5. The van der Waals surface area contributed by atoms with Crippen LogP contribution in [-0.4, -0.2) is 29.2 Å². The van der Waals surface area contributed by atoms with E-state index < -0.39 is 4.92 Å². The maximum atomic E-state index is 12.1. The monoisotopic (exact) mass is 379 g/mol. The highest BCUT2D eigenvalue weighted by atomic mass is 35.5. The average molecular weight is 380 g/mol. The quantitative estimate of drug-likeness (QED) is 0.314. The van der Waals surface area contributed by atoms with Crippen LogP contribution in [0.5, 0.6) is 0 Å². The van der Waals surface area contributed by atoms with Gasteiger partial charge in [0.2, 0.25) is 5.91 Å². The molecule has 0 spiro atoms. The van der Waals surface area contributed by atoms with Crippen LogP contribution in [0.1, 0.15) is 6.92 Å². The number of benzene rings is 2. The van der Waals surface area contributed by atoms with Gasteiger partial charge in [0, 0.05) is 40.8 Å². The average Bonchev–Trinajstić information content (AvgIpc) is 2.60. The third-order valence-electron chi connectivity index (χ3n) is 3.33. The van der Waals surface area contributed by atoms with Crippen LogP contribution in [0, 0.1) is 10.1 Å². The molecule has 25 heavy (non-hydrogen) atoms. The topological polar surface area (TPSA) is 84.3 Å². The number of non-ortho nitro benzene ring substituents is 1. The number of carbonyl (C=O) groups is 1. The Bertz CT molecular complexity index is 723. The number of halogens is 1. The van der Waals surface area contributed by atoms with Crippen LogP contribution < -0.4 is 10.6 Å². The number of carbonyl (C=O) groups excluding carboxylic acids is 1. The van der Waals surface area contributed by atoms with Gasteiger partial charge in [-0.1, -0.05) is 11.6 Å². The highest BCUT2D eigenvalue weighted by Gasteiger charge is 2.13. The van der Waals surface area contributed by atoms with Crippen molar-refractivity contribution in [1.29, 1.82) is 0 Å². The van der Waals surface area contributed by atoms with E-state index in [1.165, 1.54) is 23.9 Å². The van der Waals surface area contributed by atoms with E-state index in [-0.39, 0.29) is 16.8 Å². The second-order valence-electron chi connectivity index (χ2n) is 5.24. The summed E-state index contributed by atoms with van der Waals surface area (Å²) >= 11 is 7.31. The fourth-order valence-electron chi connectivity index (χ4n) is 2.01. The Labute approximate surface area is 155 Å². The molecule has 1 amide bonds. The predicted octanol–water partition coefficient (Wildman–Crippen LogP) is 3.96. The molecule has 2 N–H and O–H groups in total. The number of thioether (sulfide) groups is 1. The van der Waals surface area contributed by atoms with Crippen LogP contribution in [0.2, 0.25) is 5.02 Å². The molecule has 0 aliphatic carbocycles. The molecular formula is C17H18ClN3O3S. The summed E-state index contributed by atoms with van der Waals surface area (Å²) in [6.45, 7) is 2.83. The number of anilines is 1. The third-order valence-corrected chi connectivity index (χ3v) is 4.69. The fourth-order valence-corrected chi connectivity index (χ4v) is 3.03. The van der Waals surface area contributed by atoms with Crippen molar-refractivity contribution in [2.45, 2.75) is 17.1 Å². The molecule has 2 aromatic rings. The number of nitrogens with zero attached hydrogens (tertiary/aromatic N) is 1. The first-order valence-electron chi connectivity index (χ1n) is 7.64. The Kier molecular flexibility index (Phi) is 7.09. The van der Waals surface area contributed by atoms with Gasteiger partial charge in [-0.2, -0.15) is 0 Å². The summed E-state index contributed by atoms with van der Waals surface area (Å²) in [7, 11) is 0. The van der Waals surface area contributed by atoms with Crippen molar-refractivity contribution in [3.63, 3.8) is 0 Å². The van der Waals surface area contributed by atoms with Crippen LogP contribution in [0.25, 0.3) is 0 Å². The van der Waals surface area contributed by atoms with Crippen molar-refractivity contribution >= 4 is 40.6 Å². The van der Waals surface area contributed by atoms with E-state index in [1.807, 2.05) is 19.1 Å². The van der Waals surface area contributed by atoms with Crippen molar-refractivity contribution in [3.05, 3.63) is 63.7 Å². The smallest absolute Gasteiger partial charge is 0.269 e. The lowest BCUT2D eigenvalue weighted by Crippen LogP contribution is -2.34. The van der Waals surface area contributed by atoms with E-state index in [4.69, 9.17) is 11.6 Å². The maximum absolute atomic E-state index is 12.1. The van der Waals surface area contributed by atoms with Gasteiger partial charge in [0.1, 0.15) is 0 Å². The van der Waals surface area contributed by atoms with Gasteiger partial charge in [0.05, 0.1) is 10.2 Å². The minimum atomic E-state index is -0.441. The molecule has 6 nitrogen and oxygen atoms in total. The molecule has 1 atom stereocenters. The molecule has 8 heteroatoms. The minimum absolute atomic E-state index is 0.0481. The van der Waals surface area contributed by atoms with Crippen LogP contribution in [0.3, 0.4) is 0 Å². The number of rotatable bonds is 8. The van der Waals surface area contributed by atoms with E-state index in [2.05, 4.69) is 10.6 Å². The molecular weight excluding hydrogens is 362 g/mol. The number of amides is 1. The number of hydrogen-bond acceptors (Lipinski definition) is 5. The van der Waals surface area contributed by atoms with E-state index >= 15 is 0 Å². The second kappa shape index (κ2) is 9.29. The van der Waals surface area contributed by atoms with Crippen molar-refractivity contribution in [2.24, 2.45) is 0 Å². The maximum Gasteiger partial charge on any atom is 0.269 e. The molecule has 132 valence electrons. The summed E-state index contributed by atoms with van der Waals surface area (Å²) in [5.41, 5.74) is 0.815. The molecule has 0 unspecified atom stereocenters. The SMILES string of the molecule is C[C@@H](Sc1ccc(Cl)cc1)C(=O)NCCNc1ccc([N+](=O)[O-])cc1. The highest BCUT2D eigenvalue weighted by molar-refractivity contribution is 8.00. The number of nitro groups is 1. The Morgan fingerprint density at radius 1 is 1.16 bits per heavy atom. The van der Waals surface area contributed by atoms with Crippen molar-refractivity contribution in [2.75, 3.05) is 18.4 Å². The lowest BCUT2D eigenvalue weighted by atomic mass is 10.3. The molecule has 0 aromatic heterocycles. The summed E-state index contributed by atoms with van der Waals surface area (Å²) in [5.74, 6) is -0.0505. The number of nitro benzene ring substituents is 1. The summed E-state index contributed by atoms with van der Waals surface area (Å²) in [5, 5.41) is 17.0. The van der Waals surface area contributed by atoms with Gasteiger partial charge in [-0.3, -0.25) is 14.9 Å². The first-order valence-corrected chi connectivity index (χ1v) is 8.90. The molecule has 0 aliphatic rings. The van der Waals surface area contributed by atoms with Gasteiger partial charge in [-0.05, 0) is 43.3 Å². The van der Waals surface area contributed by atoms with E-state index in [1.54, 1.807) is 24.3 Å². The Morgan fingerprint density at radius 3 is 2.40 bits per heavy atom. The zero-order valence-corrected chi connectivity index (χ0v) is 15.1. The zero-order valence-electron chi connectivity index (χ0n) is 13.6. The van der Waals surface area contributed by atoms with Crippen LogP contribution in [-0.2, 0) is 4.79 Å². The molecule has 0 radical (unpaired) electrons. The minimum Gasteiger partial charge on any atom is -0.383 e. The second-order valence-corrected chi connectivity index (χ2v) is 7.09. The van der Waals surface area contributed by atoms with Crippen molar-refractivity contribution in [1.82, 2.24) is 5.32 Å². The molecule has 0 fully saturated rings. The summed E-state index contributed by atoms with van der Waals surface area (Å²) < 4.78 is 0. The number of nitrogens with one attached hydrogen (secondary N) is 2. The van der Waals surface area contributed by atoms with Gasteiger partial charge < -0.3 is 10.6 Å². The van der Waals surface area contributed by atoms with Gasteiger partial charge in [0.25, 0.3) is 5.69 Å².